The normalized spacial score (nSPS) is 12.6. The molecule has 1 atom stereocenters. The summed E-state index contributed by atoms with van der Waals surface area (Å²) in [5, 5.41) is 18.9. The topological polar surface area (TPSA) is 95.1 Å². The van der Waals surface area contributed by atoms with Crippen molar-refractivity contribution in [1.29, 1.82) is 0 Å². The Morgan fingerprint density at radius 2 is 2.10 bits per heavy atom. The van der Waals surface area contributed by atoms with E-state index in [2.05, 4.69) is 31.4 Å². The van der Waals surface area contributed by atoms with E-state index in [0.29, 0.717) is 5.39 Å². The van der Waals surface area contributed by atoms with E-state index in [1.165, 1.54) is 0 Å². The molecule has 0 saturated heterocycles. The van der Waals surface area contributed by atoms with Crippen molar-refractivity contribution in [3.8, 4) is 0 Å². The molecule has 2 rings (SSSR count). The maximum atomic E-state index is 12.2. The summed E-state index contributed by atoms with van der Waals surface area (Å²) in [4.78, 5) is 23.3. The summed E-state index contributed by atoms with van der Waals surface area (Å²) in [6, 6.07) is 4.44. The number of hydrogen-bond acceptors (Lipinski definition) is 3. The van der Waals surface area contributed by atoms with Gasteiger partial charge in [0.15, 0.2) is 5.69 Å². The van der Waals surface area contributed by atoms with Gasteiger partial charge in [0.2, 0.25) is 0 Å². The Kier molecular flexibility index (Phi) is 4.08. The largest absolute Gasteiger partial charge is 0.480 e. The van der Waals surface area contributed by atoms with Gasteiger partial charge in [0.25, 0.3) is 5.91 Å². The zero-order valence-electron chi connectivity index (χ0n) is 11.0. The molecular formula is C13H14BrN3O3. The van der Waals surface area contributed by atoms with E-state index in [1.807, 2.05) is 6.07 Å². The van der Waals surface area contributed by atoms with Crippen molar-refractivity contribution >= 4 is 38.7 Å². The summed E-state index contributed by atoms with van der Waals surface area (Å²) in [7, 11) is 0. The van der Waals surface area contributed by atoms with E-state index in [0.717, 1.165) is 9.99 Å². The Balaban J connectivity index is 2.32. The second kappa shape index (κ2) is 5.62. The number of nitrogens with one attached hydrogen (secondary N) is 2. The molecule has 0 aliphatic heterocycles. The number of fused-ring (bicyclic) bond motifs is 1. The van der Waals surface area contributed by atoms with Crippen molar-refractivity contribution in [1.82, 2.24) is 15.5 Å². The fourth-order valence-electron chi connectivity index (χ4n) is 1.88. The fourth-order valence-corrected chi connectivity index (χ4v) is 2.24. The van der Waals surface area contributed by atoms with Gasteiger partial charge in [0.05, 0.1) is 5.52 Å². The maximum Gasteiger partial charge on any atom is 0.326 e. The molecule has 7 heteroatoms. The number of hydrogen-bond donors (Lipinski definition) is 3. The quantitative estimate of drug-likeness (QED) is 0.795. The summed E-state index contributed by atoms with van der Waals surface area (Å²) in [5.41, 5.74) is 0.906. The van der Waals surface area contributed by atoms with Gasteiger partial charge in [-0.05, 0) is 24.1 Å². The van der Waals surface area contributed by atoms with Crippen molar-refractivity contribution in [3.05, 3.63) is 28.4 Å². The van der Waals surface area contributed by atoms with Crippen LogP contribution in [0.2, 0.25) is 0 Å². The predicted molar refractivity (Wildman–Crippen MR) is 77.5 cm³/mol. The molecule has 106 valence electrons. The highest BCUT2D eigenvalue weighted by Gasteiger charge is 2.25. The average molecular weight is 340 g/mol. The number of carboxylic acid groups (broad SMARTS) is 1. The standard InChI is InChI=1S/C13H14BrN3O3/c1-6(2)10(13(19)20)15-12(18)11-8-5-7(14)3-4-9(8)16-17-11/h3-6,10H,1-2H3,(H,15,18)(H,16,17)(H,19,20)/t10-/m1/s1. The number of benzene rings is 1. The van der Waals surface area contributed by atoms with Gasteiger partial charge >= 0.3 is 5.97 Å². The summed E-state index contributed by atoms with van der Waals surface area (Å²) in [6.45, 7) is 3.47. The number of amides is 1. The molecule has 0 aliphatic carbocycles. The van der Waals surface area contributed by atoms with Crippen LogP contribution >= 0.6 is 15.9 Å². The number of carbonyl (C=O) groups excluding carboxylic acids is 1. The van der Waals surface area contributed by atoms with Gasteiger partial charge in [0.1, 0.15) is 6.04 Å². The molecule has 2 aromatic rings. The third-order valence-corrected chi connectivity index (χ3v) is 3.45. The summed E-state index contributed by atoms with van der Waals surface area (Å²) in [5.74, 6) is -1.78. The molecule has 0 bridgehead atoms. The summed E-state index contributed by atoms with van der Waals surface area (Å²) >= 11 is 3.33. The maximum absolute atomic E-state index is 12.2. The number of carbonyl (C=O) groups is 2. The number of H-pyrrole nitrogens is 1. The fraction of sp³-hybridized carbons (Fsp3) is 0.308. The van der Waals surface area contributed by atoms with Crippen LogP contribution in [-0.2, 0) is 4.79 Å². The molecule has 0 spiro atoms. The van der Waals surface area contributed by atoms with Crippen molar-refractivity contribution in [2.24, 2.45) is 5.92 Å². The minimum Gasteiger partial charge on any atom is -0.480 e. The minimum absolute atomic E-state index is 0.188. The molecule has 1 aromatic carbocycles. The van der Waals surface area contributed by atoms with E-state index < -0.39 is 17.9 Å². The second-order valence-electron chi connectivity index (χ2n) is 4.80. The number of aromatic amines is 1. The van der Waals surface area contributed by atoms with Gasteiger partial charge in [-0.15, -0.1) is 0 Å². The van der Waals surface area contributed by atoms with Crippen LogP contribution in [0, 0.1) is 5.92 Å². The lowest BCUT2D eigenvalue weighted by atomic mass is 10.0. The Hall–Kier alpha value is -1.89. The first-order valence-corrected chi connectivity index (χ1v) is 6.86. The molecule has 0 fully saturated rings. The number of nitrogens with zero attached hydrogens (tertiary/aromatic N) is 1. The smallest absolute Gasteiger partial charge is 0.326 e. The Labute approximate surface area is 123 Å². The van der Waals surface area contributed by atoms with E-state index in [-0.39, 0.29) is 11.6 Å². The van der Waals surface area contributed by atoms with E-state index >= 15 is 0 Å². The zero-order valence-corrected chi connectivity index (χ0v) is 12.6. The van der Waals surface area contributed by atoms with Crippen LogP contribution in [-0.4, -0.2) is 33.2 Å². The molecule has 1 amide bonds. The summed E-state index contributed by atoms with van der Waals surface area (Å²) < 4.78 is 0.819. The van der Waals surface area contributed by atoms with E-state index in [4.69, 9.17) is 5.11 Å². The summed E-state index contributed by atoms with van der Waals surface area (Å²) in [6.07, 6.45) is 0. The molecular weight excluding hydrogens is 326 g/mol. The van der Waals surface area contributed by atoms with Crippen molar-refractivity contribution in [2.75, 3.05) is 0 Å². The number of rotatable bonds is 4. The SMILES string of the molecule is CC(C)[C@@H](NC(=O)c1n[nH]c2ccc(Br)cc12)C(=O)O. The van der Waals surface area contributed by atoms with E-state index in [9.17, 15) is 9.59 Å². The molecule has 0 radical (unpaired) electrons. The van der Waals surface area contributed by atoms with Gasteiger partial charge in [-0.1, -0.05) is 29.8 Å². The molecule has 0 aliphatic rings. The average Bonchev–Trinajstić information content (AvgIpc) is 2.77. The van der Waals surface area contributed by atoms with Crippen LogP contribution in [0.1, 0.15) is 24.3 Å². The van der Waals surface area contributed by atoms with Crippen LogP contribution in [0.3, 0.4) is 0 Å². The first kappa shape index (κ1) is 14.5. The highest BCUT2D eigenvalue weighted by atomic mass is 79.9. The Bertz CT molecular complexity index is 666. The minimum atomic E-state index is -1.06. The van der Waals surface area contributed by atoms with Gasteiger partial charge in [-0.3, -0.25) is 9.89 Å². The first-order chi connectivity index (χ1) is 9.40. The third kappa shape index (κ3) is 2.82. The van der Waals surface area contributed by atoms with Crippen LogP contribution in [0.15, 0.2) is 22.7 Å². The van der Waals surface area contributed by atoms with Gasteiger partial charge in [-0.2, -0.15) is 5.10 Å². The lowest BCUT2D eigenvalue weighted by molar-refractivity contribution is -0.140. The number of aliphatic carboxylic acids is 1. The Morgan fingerprint density at radius 3 is 2.70 bits per heavy atom. The van der Waals surface area contributed by atoms with Crippen molar-refractivity contribution in [2.45, 2.75) is 19.9 Å². The molecule has 0 unspecified atom stereocenters. The van der Waals surface area contributed by atoms with Crippen LogP contribution in [0.5, 0.6) is 0 Å². The lowest BCUT2D eigenvalue weighted by Gasteiger charge is -2.17. The number of halogens is 1. The number of aromatic nitrogens is 2. The van der Waals surface area contributed by atoms with Gasteiger partial charge in [-0.25, -0.2) is 4.79 Å². The number of carboxylic acids is 1. The second-order valence-corrected chi connectivity index (χ2v) is 5.71. The third-order valence-electron chi connectivity index (χ3n) is 2.96. The predicted octanol–water partition coefficient (Wildman–Crippen LogP) is 2.16. The molecule has 0 saturated carbocycles. The highest BCUT2D eigenvalue weighted by molar-refractivity contribution is 9.10. The Morgan fingerprint density at radius 1 is 1.40 bits per heavy atom. The molecule has 3 N–H and O–H groups in total. The van der Waals surface area contributed by atoms with Gasteiger partial charge < -0.3 is 10.4 Å². The van der Waals surface area contributed by atoms with E-state index in [1.54, 1.807) is 26.0 Å². The van der Waals surface area contributed by atoms with Crippen LogP contribution in [0.25, 0.3) is 10.9 Å². The lowest BCUT2D eigenvalue weighted by Crippen LogP contribution is -2.44. The van der Waals surface area contributed by atoms with Crippen LogP contribution < -0.4 is 5.32 Å². The monoisotopic (exact) mass is 339 g/mol. The van der Waals surface area contributed by atoms with Crippen LogP contribution in [0.4, 0.5) is 0 Å². The zero-order chi connectivity index (χ0) is 14.9. The first-order valence-electron chi connectivity index (χ1n) is 6.07. The van der Waals surface area contributed by atoms with Gasteiger partial charge in [0, 0.05) is 9.86 Å². The molecule has 20 heavy (non-hydrogen) atoms. The van der Waals surface area contributed by atoms with Crippen molar-refractivity contribution in [3.63, 3.8) is 0 Å². The molecule has 1 aromatic heterocycles. The molecule has 1 heterocycles. The highest BCUT2D eigenvalue weighted by Crippen LogP contribution is 2.21. The molecule has 6 nitrogen and oxygen atoms in total. The van der Waals surface area contributed by atoms with Crippen molar-refractivity contribution < 1.29 is 14.7 Å².